The van der Waals surface area contributed by atoms with Gasteiger partial charge in [-0.25, -0.2) is 9.78 Å². The van der Waals surface area contributed by atoms with Gasteiger partial charge in [0.15, 0.2) is 11.5 Å². The summed E-state index contributed by atoms with van der Waals surface area (Å²) in [4.78, 5) is 16.7. The number of thiazole rings is 1. The lowest BCUT2D eigenvalue weighted by molar-refractivity contribution is 0.0468. The molecule has 0 unspecified atom stereocenters. The van der Waals surface area contributed by atoms with Gasteiger partial charge in [-0.15, -0.1) is 11.3 Å². The summed E-state index contributed by atoms with van der Waals surface area (Å²) < 4.78 is 21.0. The molecule has 2 heterocycles. The summed E-state index contributed by atoms with van der Waals surface area (Å²) >= 11 is 1.50. The second-order valence-corrected chi connectivity index (χ2v) is 6.37. The molecule has 6 nitrogen and oxygen atoms in total. The van der Waals surface area contributed by atoms with Gasteiger partial charge in [0.1, 0.15) is 17.4 Å². The monoisotopic (exact) mass is 369 g/mol. The first-order chi connectivity index (χ1) is 12.7. The highest BCUT2D eigenvalue weighted by molar-refractivity contribution is 7.13. The average Bonchev–Trinajstić information content (AvgIpc) is 3.35. The van der Waals surface area contributed by atoms with E-state index in [0.29, 0.717) is 22.8 Å². The molecule has 0 bridgehead atoms. The predicted molar refractivity (Wildman–Crippen MR) is 95.8 cm³/mol. The Hall–Kier alpha value is -3.06. The molecule has 0 amide bonds. The summed E-state index contributed by atoms with van der Waals surface area (Å²) in [5, 5.41) is 2.74. The minimum Gasteiger partial charge on any atom is -0.497 e. The van der Waals surface area contributed by atoms with Gasteiger partial charge < -0.3 is 18.9 Å². The molecular formula is C19H15NO5S. The molecular weight excluding hydrogens is 354 g/mol. The van der Waals surface area contributed by atoms with Gasteiger partial charge in [-0.2, -0.15) is 0 Å². The molecule has 0 fully saturated rings. The molecule has 7 heteroatoms. The fourth-order valence-electron chi connectivity index (χ4n) is 2.49. The van der Waals surface area contributed by atoms with E-state index in [0.717, 1.165) is 16.3 Å². The molecule has 0 saturated carbocycles. The minimum absolute atomic E-state index is 0.111. The Morgan fingerprint density at radius 1 is 1.15 bits per heavy atom. The van der Waals surface area contributed by atoms with Crippen LogP contribution in [0.4, 0.5) is 0 Å². The van der Waals surface area contributed by atoms with E-state index < -0.39 is 5.97 Å². The summed E-state index contributed by atoms with van der Waals surface area (Å²) in [6.07, 6.45) is 0. The van der Waals surface area contributed by atoms with Crippen LogP contribution in [0.2, 0.25) is 0 Å². The zero-order valence-corrected chi connectivity index (χ0v) is 14.7. The van der Waals surface area contributed by atoms with Crippen molar-refractivity contribution in [2.45, 2.75) is 6.61 Å². The third-order valence-electron chi connectivity index (χ3n) is 3.85. The maximum absolute atomic E-state index is 12.2. The smallest absolute Gasteiger partial charge is 0.338 e. The van der Waals surface area contributed by atoms with Crippen LogP contribution in [0, 0.1) is 0 Å². The largest absolute Gasteiger partial charge is 0.497 e. The quantitative estimate of drug-likeness (QED) is 0.636. The van der Waals surface area contributed by atoms with Crippen LogP contribution in [0.1, 0.15) is 16.1 Å². The van der Waals surface area contributed by atoms with Crippen LogP contribution in [-0.2, 0) is 11.3 Å². The number of methoxy groups -OCH3 is 1. The van der Waals surface area contributed by atoms with E-state index in [1.54, 1.807) is 25.3 Å². The Balaban J connectivity index is 1.40. The van der Waals surface area contributed by atoms with Gasteiger partial charge in [0.05, 0.1) is 18.4 Å². The summed E-state index contributed by atoms with van der Waals surface area (Å²) in [5.74, 6) is 1.55. The number of nitrogens with zero attached hydrogens (tertiary/aromatic N) is 1. The lowest BCUT2D eigenvalue weighted by atomic mass is 10.2. The molecule has 0 atom stereocenters. The predicted octanol–water partition coefficient (Wildman–Crippen LogP) is 3.90. The van der Waals surface area contributed by atoms with Crippen LogP contribution in [0.15, 0.2) is 47.8 Å². The maximum Gasteiger partial charge on any atom is 0.338 e. The number of hydrogen-bond acceptors (Lipinski definition) is 7. The van der Waals surface area contributed by atoms with Crippen molar-refractivity contribution < 1.29 is 23.7 Å². The molecule has 0 radical (unpaired) electrons. The standard InChI is InChI=1S/C19H15NO5S/c1-22-15-5-2-12(3-6-15)18-20-14(10-26-18)9-23-19(21)13-4-7-16-17(8-13)25-11-24-16/h2-8,10H,9,11H2,1H3. The number of fused-ring (bicyclic) bond motifs is 1. The van der Waals surface area contributed by atoms with Gasteiger partial charge in [-0.1, -0.05) is 0 Å². The second-order valence-electron chi connectivity index (χ2n) is 5.52. The molecule has 1 aliphatic rings. The number of carbonyl (C=O) groups is 1. The van der Waals surface area contributed by atoms with Crippen LogP contribution in [0.3, 0.4) is 0 Å². The van der Waals surface area contributed by atoms with Gasteiger partial charge in [0.2, 0.25) is 6.79 Å². The van der Waals surface area contributed by atoms with Crippen LogP contribution >= 0.6 is 11.3 Å². The van der Waals surface area contributed by atoms with Gasteiger partial charge in [0.25, 0.3) is 0 Å². The Kier molecular flexibility index (Phi) is 4.45. The molecule has 0 N–H and O–H groups in total. The number of aromatic nitrogens is 1. The zero-order chi connectivity index (χ0) is 17.9. The third-order valence-corrected chi connectivity index (χ3v) is 4.79. The second kappa shape index (κ2) is 7.05. The molecule has 132 valence electrons. The van der Waals surface area contributed by atoms with Crippen molar-refractivity contribution >= 4 is 17.3 Å². The molecule has 0 saturated heterocycles. The Bertz CT molecular complexity index is 935. The van der Waals surface area contributed by atoms with E-state index >= 15 is 0 Å². The van der Waals surface area contributed by atoms with E-state index in [4.69, 9.17) is 18.9 Å². The fourth-order valence-corrected chi connectivity index (χ4v) is 3.30. The Morgan fingerprint density at radius 3 is 2.77 bits per heavy atom. The van der Waals surface area contributed by atoms with E-state index in [1.165, 1.54) is 11.3 Å². The van der Waals surface area contributed by atoms with E-state index in [2.05, 4.69) is 4.98 Å². The SMILES string of the molecule is COc1ccc(-c2nc(COC(=O)c3ccc4c(c3)OCO4)cs2)cc1. The number of hydrogen-bond donors (Lipinski definition) is 0. The summed E-state index contributed by atoms with van der Waals surface area (Å²) in [6, 6.07) is 12.6. The number of carbonyl (C=O) groups excluding carboxylic acids is 1. The van der Waals surface area contributed by atoms with E-state index in [1.807, 2.05) is 29.6 Å². The van der Waals surface area contributed by atoms with Crippen molar-refractivity contribution in [2.24, 2.45) is 0 Å². The van der Waals surface area contributed by atoms with Gasteiger partial charge in [-0.3, -0.25) is 0 Å². The van der Waals surface area contributed by atoms with Crippen LogP contribution in [0.5, 0.6) is 17.2 Å². The van der Waals surface area contributed by atoms with Crippen molar-refractivity contribution in [3.63, 3.8) is 0 Å². The van der Waals surface area contributed by atoms with Gasteiger partial charge in [0, 0.05) is 10.9 Å². The van der Waals surface area contributed by atoms with Crippen molar-refractivity contribution in [2.75, 3.05) is 13.9 Å². The highest BCUT2D eigenvalue weighted by Crippen LogP contribution is 2.32. The van der Waals surface area contributed by atoms with Crippen LogP contribution in [0.25, 0.3) is 10.6 Å². The zero-order valence-electron chi connectivity index (χ0n) is 13.9. The van der Waals surface area contributed by atoms with Crippen molar-refractivity contribution in [3.05, 3.63) is 59.1 Å². The maximum atomic E-state index is 12.2. The highest BCUT2D eigenvalue weighted by Gasteiger charge is 2.17. The number of ether oxygens (including phenoxy) is 4. The topological polar surface area (TPSA) is 66.9 Å². The van der Waals surface area contributed by atoms with Crippen molar-refractivity contribution in [1.29, 1.82) is 0 Å². The van der Waals surface area contributed by atoms with E-state index in [9.17, 15) is 4.79 Å². The minimum atomic E-state index is -0.428. The molecule has 1 aliphatic heterocycles. The van der Waals surface area contributed by atoms with Crippen LogP contribution < -0.4 is 14.2 Å². The average molecular weight is 369 g/mol. The first kappa shape index (κ1) is 16.4. The molecule has 3 aromatic rings. The lowest BCUT2D eigenvalue weighted by Crippen LogP contribution is -2.05. The first-order valence-electron chi connectivity index (χ1n) is 7.88. The van der Waals surface area contributed by atoms with Crippen molar-refractivity contribution in [1.82, 2.24) is 4.98 Å². The first-order valence-corrected chi connectivity index (χ1v) is 8.76. The summed E-state index contributed by atoms with van der Waals surface area (Å²) in [7, 11) is 1.63. The van der Waals surface area contributed by atoms with Crippen molar-refractivity contribution in [3.8, 4) is 27.8 Å². The molecule has 0 aliphatic carbocycles. The summed E-state index contributed by atoms with van der Waals surface area (Å²) in [5.41, 5.74) is 2.11. The molecule has 2 aromatic carbocycles. The lowest BCUT2D eigenvalue weighted by Gasteiger charge is -2.04. The third kappa shape index (κ3) is 3.34. The number of esters is 1. The highest BCUT2D eigenvalue weighted by atomic mass is 32.1. The normalized spacial score (nSPS) is 12.0. The molecule has 0 spiro atoms. The van der Waals surface area contributed by atoms with Gasteiger partial charge in [-0.05, 0) is 42.5 Å². The molecule has 26 heavy (non-hydrogen) atoms. The number of rotatable bonds is 5. The summed E-state index contributed by atoms with van der Waals surface area (Å²) in [6.45, 7) is 0.278. The number of benzene rings is 2. The fraction of sp³-hybridized carbons (Fsp3) is 0.158. The Morgan fingerprint density at radius 2 is 1.96 bits per heavy atom. The molecule has 4 rings (SSSR count). The Labute approximate surface area is 153 Å². The van der Waals surface area contributed by atoms with E-state index in [-0.39, 0.29) is 13.4 Å². The molecule has 1 aromatic heterocycles. The van der Waals surface area contributed by atoms with Gasteiger partial charge >= 0.3 is 5.97 Å². The van der Waals surface area contributed by atoms with Crippen LogP contribution in [-0.4, -0.2) is 24.9 Å².